The number of aliphatic imine (C=N–C) groups is 1. The van der Waals surface area contributed by atoms with Gasteiger partial charge in [-0.25, -0.2) is 4.99 Å². The molecule has 0 bridgehead atoms. The van der Waals surface area contributed by atoms with Gasteiger partial charge in [-0.2, -0.15) is 4.52 Å². The summed E-state index contributed by atoms with van der Waals surface area (Å²) < 4.78 is 6.52. The van der Waals surface area contributed by atoms with Gasteiger partial charge in [0.15, 0.2) is 17.2 Å². The lowest BCUT2D eigenvalue weighted by Gasteiger charge is -2.09. The molecule has 0 saturated heterocycles. The maximum atomic E-state index is 10.7. The SMILES string of the molecule is CN(C=Nc1ccc2nnc(-c3ccc([N+](=O)[O-])o3)n2n1)CCO. The number of rotatable bonds is 6. The molecule has 3 aromatic rings. The maximum absolute atomic E-state index is 10.7. The van der Waals surface area contributed by atoms with E-state index in [2.05, 4.69) is 20.3 Å². The monoisotopic (exact) mass is 331 g/mol. The van der Waals surface area contributed by atoms with Crippen molar-refractivity contribution in [3.8, 4) is 11.6 Å². The quantitative estimate of drug-likeness (QED) is 0.304. The number of fused-ring (bicyclic) bond motifs is 1. The summed E-state index contributed by atoms with van der Waals surface area (Å²) in [4.78, 5) is 16.0. The summed E-state index contributed by atoms with van der Waals surface area (Å²) in [5.41, 5.74) is 0.451. The van der Waals surface area contributed by atoms with Crippen LogP contribution in [0.25, 0.3) is 17.2 Å². The van der Waals surface area contributed by atoms with Gasteiger partial charge in [0.2, 0.25) is 5.82 Å². The lowest BCUT2D eigenvalue weighted by molar-refractivity contribution is -0.401. The van der Waals surface area contributed by atoms with E-state index in [0.717, 1.165) is 0 Å². The molecule has 0 saturated carbocycles. The van der Waals surface area contributed by atoms with Crippen LogP contribution in [0.1, 0.15) is 0 Å². The van der Waals surface area contributed by atoms with Crippen LogP contribution in [-0.4, -0.2) is 61.3 Å². The molecular weight excluding hydrogens is 318 g/mol. The first kappa shape index (κ1) is 15.6. The largest absolute Gasteiger partial charge is 0.433 e. The van der Waals surface area contributed by atoms with E-state index in [1.54, 1.807) is 24.1 Å². The third-order valence-electron chi connectivity index (χ3n) is 3.08. The van der Waals surface area contributed by atoms with Crippen LogP contribution in [0, 0.1) is 10.1 Å². The van der Waals surface area contributed by atoms with Crippen molar-refractivity contribution in [3.63, 3.8) is 0 Å². The molecule has 0 radical (unpaired) electrons. The molecule has 0 aliphatic heterocycles. The van der Waals surface area contributed by atoms with Gasteiger partial charge >= 0.3 is 5.88 Å². The molecule has 3 heterocycles. The minimum atomic E-state index is -0.632. The van der Waals surface area contributed by atoms with Gasteiger partial charge in [0.25, 0.3) is 0 Å². The molecule has 3 rings (SSSR count). The number of hydrogen-bond donors (Lipinski definition) is 1. The van der Waals surface area contributed by atoms with Crippen LogP contribution in [0.2, 0.25) is 0 Å². The zero-order valence-electron chi connectivity index (χ0n) is 12.6. The lowest BCUT2D eigenvalue weighted by Crippen LogP contribution is -2.19. The number of aliphatic hydroxyl groups is 1. The topological polar surface area (TPSA) is 135 Å². The van der Waals surface area contributed by atoms with E-state index < -0.39 is 4.92 Å². The highest BCUT2D eigenvalue weighted by Crippen LogP contribution is 2.25. The Labute approximate surface area is 135 Å². The highest BCUT2D eigenvalue weighted by molar-refractivity contribution is 5.60. The zero-order valence-corrected chi connectivity index (χ0v) is 12.6. The maximum Gasteiger partial charge on any atom is 0.433 e. The second kappa shape index (κ2) is 6.42. The average Bonchev–Trinajstić information content (AvgIpc) is 3.19. The van der Waals surface area contributed by atoms with Crippen LogP contribution < -0.4 is 0 Å². The van der Waals surface area contributed by atoms with Gasteiger partial charge in [-0.3, -0.25) is 10.1 Å². The van der Waals surface area contributed by atoms with Crippen molar-refractivity contribution in [2.24, 2.45) is 4.99 Å². The van der Waals surface area contributed by atoms with Gasteiger partial charge in [-0.05, 0) is 18.2 Å². The van der Waals surface area contributed by atoms with Gasteiger partial charge < -0.3 is 14.4 Å². The normalized spacial score (nSPS) is 11.4. The number of aliphatic hydroxyl groups excluding tert-OH is 1. The number of hydrogen-bond acceptors (Lipinski definition) is 8. The Balaban J connectivity index is 1.95. The summed E-state index contributed by atoms with van der Waals surface area (Å²) in [6, 6.07) is 5.99. The number of furan rings is 1. The molecule has 0 aromatic carbocycles. The van der Waals surface area contributed by atoms with Gasteiger partial charge in [0.1, 0.15) is 4.92 Å². The number of likely N-dealkylation sites (N-methyl/N-ethyl adjacent to an activating group) is 1. The van der Waals surface area contributed by atoms with Gasteiger partial charge in [0, 0.05) is 13.6 Å². The molecule has 0 amide bonds. The first-order valence-corrected chi connectivity index (χ1v) is 6.91. The fourth-order valence-corrected chi connectivity index (χ4v) is 1.92. The van der Waals surface area contributed by atoms with Gasteiger partial charge in [-0.1, -0.05) is 0 Å². The third-order valence-corrected chi connectivity index (χ3v) is 3.08. The smallest absolute Gasteiger partial charge is 0.397 e. The predicted octanol–water partition coefficient (Wildman–Crippen LogP) is 0.876. The zero-order chi connectivity index (χ0) is 17.1. The van der Waals surface area contributed by atoms with E-state index in [0.29, 0.717) is 18.0 Å². The van der Waals surface area contributed by atoms with Crippen molar-refractivity contribution in [2.75, 3.05) is 20.2 Å². The standard InChI is InChI=1S/C13H13N7O4/c1-18(6-7-21)8-14-10-3-4-11-15-16-13(19(11)17-10)9-2-5-12(24-9)20(22)23/h2-5,8,21H,6-7H2,1H3. The minimum Gasteiger partial charge on any atom is -0.397 e. The van der Waals surface area contributed by atoms with Crippen LogP contribution in [0.15, 0.2) is 33.7 Å². The van der Waals surface area contributed by atoms with E-state index in [1.807, 2.05) is 0 Å². The Bertz CT molecular complexity index is 901. The molecule has 0 fully saturated rings. The van der Waals surface area contributed by atoms with Crippen molar-refractivity contribution < 1.29 is 14.4 Å². The molecule has 11 nitrogen and oxygen atoms in total. The van der Waals surface area contributed by atoms with E-state index in [4.69, 9.17) is 9.52 Å². The Morgan fingerprint density at radius 2 is 2.25 bits per heavy atom. The second-order valence-corrected chi connectivity index (χ2v) is 4.83. The fourth-order valence-electron chi connectivity index (χ4n) is 1.92. The molecule has 11 heteroatoms. The van der Waals surface area contributed by atoms with Crippen molar-refractivity contribution in [1.29, 1.82) is 0 Å². The van der Waals surface area contributed by atoms with E-state index in [-0.39, 0.29) is 24.1 Å². The van der Waals surface area contributed by atoms with E-state index >= 15 is 0 Å². The third kappa shape index (κ3) is 3.05. The van der Waals surface area contributed by atoms with Crippen LogP contribution in [-0.2, 0) is 0 Å². The minimum absolute atomic E-state index is 0.0157. The molecular formula is C13H13N7O4. The second-order valence-electron chi connectivity index (χ2n) is 4.83. The molecule has 0 atom stereocenters. The van der Waals surface area contributed by atoms with Crippen LogP contribution >= 0.6 is 0 Å². The van der Waals surface area contributed by atoms with Crippen LogP contribution in [0.4, 0.5) is 11.7 Å². The Hall–Kier alpha value is -3.34. The summed E-state index contributed by atoms with van der Waals surface area (Å²) in [7, 11) is 1.77. The van der Waals surface area contributed by atoms with Crippen LogP contribution in [0.5, 0.6) is 0 Å². The highest BCUT2D eigenvalue weighted by Gasteiger charge is 2.18. The van der Waals surface area contributed by atoms with Crippen molar-refractivity contribution in [1.82, 2.24) is 24.7 Å². The molecule has 1 N–H and O–H groups in total. The van der Waals surface area contributed by atoms with Gasteiger partial charge in [-0.15, -0.1) is 15.3 Å². The fraction of sp³-hybridized carbons (Fsp3) is 0.231. The Morgan fingerprint density at radius 1 is 1.42 bits per heavy atom. The van der Waals surface area contributed by atoms with Gasteiger partial charge in [0.05, 0.1) is 19.0 Å². The van der Waals surface area contributed by atoms with Crippen molar-refractivity contribution in [2.45, 2.75) is 0 Å². The van der Waals surface area contributed by atoms with E-state index in [9.17, 15) is 10.1 Å². The molecule has 124 valence electrons. The van der Waals surface area contributed by atoms with Crippen molar-refractivity contribution in [3.05, 3.63) is 34.4 Å². The summed E-state index contributed by atoms with van der Waals surface area (Å²) in [6.45, 7) is 0.460. The first-order valence-electron chi connectivity index (χ1n) is 6.91. The van der Waals surface area contributed by atoms with Crippen molar-refractivity contribution >= 4 is 23.7 Å². The summed E-state index contributed by atoms with van der Waals surface area (Å²) in [5.74, 6) is 0.412. The molecule has 0 aliphatic rings. The molecule has 24 heavy (non-hydrogen) atoms. The summed E-state index contributed by atoms with van der Waals surface area (Å²) in [6.07, 6.45) is 1.53. The molecule has 3 aromatic heterocycles. The number of nitrogens with zero attached hydrogens (tertiary/aromatic N) is 7. The lowest BCUT2D eigenvalue weighted by atomic mass is 10.4. The Morgan fingerprint density at radius 3 is 2.96 bits per heavy atom. The van der Waals surface area contributed by atoms with Crippen LogP contribution in [0.3, 0.4) is 0 Å². The molecule has 0 spiro atoms. The number of aromatic nitrogens is 4. The predicted molar refractivity (Wildman–Crippen MR) is 83.0 cm³/mol. The van der Waals surface area contributed by atoms with E-state index in [1.165, 1.54) is 23.0 Å². The average molecular weight is 331 g/mol. The molecule has 0 unspecified atom stereocenters. The highest BCUT2D eigenvalue weighted by atomic mass is 16.6. The summed E-state index contributed by atoms with van der Waals surface area (Å²) >= 11 is 0. The Kier molecular flexibility index (Phi) is 4.16. The molecule has 0 aliphatic carbocycles. The first-order chi connectivity index (χ1) is 11.6. The number of nitro groups is 1. The summed E-state index contributed by atoms with van der Waals surface area (Å²) in [5, 5.41) is 31.7.